The molecule has 2 aliphatic rings. The molecule has 0 saturated heterocycles. The molecule has 1 saturated carbocycles. The van der Waals surface area contributed by atoms with Crippen molar-refractivity contribution >= 4 is 0 Å². The van der Waals surface area contributed by atoms with Gasteiger partial charge in [-0.1, -0.05) is 25.5 Å². The molecule has 0 aromatic carbocycles. The van der Waals surface area contributed by atoms with Crippen LogP contribution in [-0.2, 0) is 0 Å². The van der Waals surface area contributed by atoms with Crippen LogP contribution in [0.25, 0.3) is 0 Å². The van der Waals surface area contributed by atoms with Crippen molar-refractivity contribution in [2.24, 2.45) is 5.92 Å². The van der Waals surface area contributed by atoms with Crippen LogP contribution < -0.4 is 5.32 Å². The first-order chi connectivity index (χ1) is 6.36. The predicted octanol–water partition coefficient (Wildman–Crippen LogP) is 2.87. The molecule has 3 unspecified atom stereocenters. The SMILES string of the molecule is CC1CCCC1NC1C=CCCC1. The summed E-state index contributed by atoms with van der Waals surface area (Å²) in [6.45, 7) is 2.39. The maximum atomic E-state index is 3.78. The first kappa shape index (κ1) is 9.26. The zero-order valence-corrected chi connectivity index (χ0v) is 8.63. The third-order valence-electron chi connectivity index (χ3n) is 3.54. The second-order valence-corrected chi connectivity index (χ2v) is 4.65. The highest BCUT2D eigenvalue weighted by Gasteiger charge is 2.24. The molecular formula is C12H21N. The van der Waals surface area contributed by atoms with Crippen LogP contribution >= 0.6 is 0 Å². The molecular weight excluding hydrogens is 158 g/mol. The molecule has 0 aromatic rings. The van der Waals surface area contributed by atoms with Gasteiger partial charge in [-0.2, -0.15) is 0 Å². The first-order valence-electron chi connectivity index (χ1n) is 5.79. The third kappa shape index (κ3) is 2.34. The Hall–Kier alpha value is -0.300. The normalized spacial score (nSPS) is 39.6. The van der Waals surface area contributed by atoms with Gasteiger partial charge in [-0.25, -0.2) is 0 Å². The van der Waals surface area contributed by atoms with Gasteiger partial charge in [0.15, 0.2) is 0 Å². The molecule has 3 atom stereocenters. The summed E-state index contributed by atoms with van der Waals surface area (Å²) in [6.07, 6.45) is 13.0. The molecule has 13 heavy (non-hydrogen) atoms. The topological polar surface area (TPSA) is 12.0 Å². The van der Waals surface area contributed by atoms with Crippen LogP contribution in [0.1, 0.15) is 45.4 Å². The van der Waals surface area contributed by atoms with Gasteiger partial charge in [-0.15, -0.1) is 0 Å². The van der Waals surface area contributed by atoms with Crippen LogP contribution in [-0.4, -0.2) is 12.1 Å². The summed E-state index contributed by atoms with van der Waals surface area (Å²) in [7, 11) is 0. The molecule has 1 nitrogen and oxygen atoms in total. The summed E-state index contributed by atoms with van der Waals surface area (Å²) in [6, 6.07) is 1.48. The third-order valence-corrected chi connectivity index (χ3v) is 3.54. The van der Waals surface area contributed by atoms with E-state index in [1.165, 1.54) is 38.5 Å². The quantitative estimate of drug-likeness (QED) is 0.643. The summed E-state index contributed by atoms with van der Waals surface area (Å²) in [5, 5.41) is 3.78. The lowest BCUT2D eigenvalue weighted by molar-refractivity contribution is 0.381. The van der Waals surface area contributed by atoms with Gasteiger partial charge in [-0.05, 0) is 38.0 Å². The molecule has 0 radical (unpaired) electrons. The number of nitrogens with one attached hydrogen (secondary N) is 1. The number of allylic oxidation sites excluding steroid dienone is 1. The Morgan fingerprint density at radius 1 is 1.15 bits per heavy atom. The lowest BCUT2D eigenvalue weighted by Gasteiger charge is -2.25. The molecule has 0 aromatic heterocycles. The van der Waals surface area contributed by atoms with Gasteiger partial charge in [0.25, 0.3) is 0 Å². The highest BCUT2D eigenvalue weighted by molar-refractivity contribution is 4.99. The van der Waals surface area contributed by atoms with E-state index < -0.39 is 0 Å². The summed E-state index contributed by atoms with van der Waals surface area (Å²) in [5.41, 5.74) is 0. The van der Waals surface area contributed by atoms with E-state index in [9.17, 15) is 0 Å². The van der Waals surface area contributed by atoms with Crippen LogP contribution in [0.2, 0.25) is 0 Å². The molecule has 1 N–H and O–H groups in total. The van der Waals surface area contributed by atoms with Crippen LogP contribution in [0.5, 0.6) is 0 Å². The number of rotatable bonds is 2. The van der Waals surface area contributed by atoms with Crippen LogP contribution in [0.4, 0.5) is 0 Å². The minimum Gasteiger partial charge on any atom is -0.308 e. The smallest absolute Gasteiger partial charge is 0.0252 e. The average Bonchev–Trinajstić information content (AvgIpc) is 2.54. The van der Waals surface area contributed by atoms with Crippen molar-refractivity contribution in [2.75, 3.05) is 0 Å². The van der Waals surface area contributed by atoms with Crippen molar-refractivity contribution in [1.82, 2.24) is 5.32 Å². The van der Waals surface area contributed by atoms with E-state index in [-0.39, 0.29) is 0 Å². The maximum Gasteiger partial charge on any atom is 0.0252 e. The van der Waals surface area contributed by atoms with Crippen molar-refractivity contribution < 1.29 is 0 Å². The van der Waals surface area contributed by atoms with Gasteiger partial charge in [0.05, 0.1) is 0 Å². The van der Waals surface area contributed by atoms with Gasteiger partial charge in [0.2, 0.25) is 0 Å². The Labute approximate surface area is 81.6 Å². The van der Waals surface area contributed by atoms with Crippen molar-refractivity contribution in [2.45, 2.75) is 57.5 Å². The van der Waals surface area contributed by atoms with E-state index in [1.807, 2.05) is 0 Å². The van der Waals surface area contributed by atoms with E-state index in [1.54, 1.807) is 0 Å². The molecule has 2 aliphatic carbocycles. The maximum absolute atomic E-state index is 3.78. The molecule has 1 heteroatoms. The lowest BCUT2D eigenvalue weighted by Crippen LogP contribution is -2.39. The zero-order valence-electron chi connectivity index (χ0n) is 8.63. The molecule has 1 fully saturated rings. The van der Waals surface area contributed by atoms with Crippen molar-refractivity contribution in [1.29, 1.82) is 0 Å². The Morgan fingerprint density at radius 2 is 2.08 bits per heavy atom. The largest absolute Gasteiger partial charge is 0.308 e. The monoisotopic (exact) mass is 179 g/mol. The second kappa shape index (κ2) is 4.28. The van der Waals surface area contributed by atoms with Gasteiger partial charge >= 0.3 is 0 Å². The van der Waals surface area contributed by atoms with Gasteiger partial charge in [0, 0.05) is 12.1 Å². The average molecular weight is 179 g/mol. The first-order valence-corrected chi connectivity index (χ1v) is 5.79. The van der Waals surface area contributed by atoms with Crippen LogP contribution in [0.3, 0.4) is 0 Å². The Balaban J connectivity index is 1.82. The standard InChI is InChI=1S/C12H21N/c1-10-6-5-9-12(10)13-11-7-3-2-4-8-11/h3,7,10-13H,2,4-6,8-9H2,1H3. The van der Waals surface area contributed by atoms with E-state index in [0.29, 0.717) is 6.04 Å². The van der Waals surface area contributed by atoms with Crippen LogP contribution in [0.15, 0.2) is 12.2 Å². The summed E-state index contributed by atoms with van der Waals surface area (Å²) in [4.78, 5) is 0. The Bertz CT molecular complexity index is 186. The fraction of sp³-hybridized carbons (Fsp3) is 0.833. The van der Waals surface area contributed by atoms with E-state index in [0.717, 1.165) is 12.0 Å². The van der Waals surface area contributed by atoms with Crippen LogP contribution in [0, 0.1) is 5.92 Å². The van der Waals surface area contributed by atoms with E-state index in [2.05, 4.69) is 24.4 Å². The van der Waals surface area contributed by atoms with Crippen molar-refractivity contribution in [3.8, 4) is 0 Å². The predicted molar refractivity (Wildman–Crippen MR) is 56.7 cm³/mol. The zero-order chi connectivity index (χ0) is 9.10. The van der Waals surface area contributed by atoms with Gasteiger partial charge < -0.3 is 5.32 Å². The molecule has 2 rings (SSSR count). The minimum atomic E-state index is 0.680. The van der Waals surface area contributed by atoms with Crippen molar-refractivity contribution in [3.63, 3.8) is 0 Å². The lowest BCUT2D eigenvalue weighted by atomic mass is 9.99. The van der Waals surface area contributed by atoms with E-state index in [4.69, 9.17) is 0 Å². The summed E-state index contributed by atoms with van der Waals surface area (Å²) < 4.78 is 0. The number of hydrogen-bond acceptors (Lipinski definition) is 1. The highest BCUT2D eigenvalue weighted by atomic mass is 15.0. The molecule has 74 valence electrons. The molecule has 0 bridgehead atoms. The van der Waals surface area contributed by atoms with Gasteiger partial charge in [-0.3, -0.25) is 0 Å². The Kier molecular flexibility index (Phi) is 3.05. The number of hydrogen-bond donors (Lipinski definition) is 1. The fourth-order valence-corrected chi connectivity index (χ4v) is 2.62. The summed E-state index contributed by atoms with van der Waals surface area (Å²) >= 11 is 0. The molecule has 0 amide bonds. The second-order valence-electron chi connectivity index (χ2n) is 4.65. The molecule has 0 spiro atoms. The summed E-state index contributed by atoms with van der Waals surface area (Å²) in [5.74, 6) is 0.898. The van der Waals surface area contributed by atoms with Crippen molar-refractivity contribution in [3.05, 3.63) is 12.2 Å². The molecule has 0 heterocycles. The fourth-order valence-electron chi connectivity index (χ4n) is 2.62. The Morgan fingerprint density at radius 3 is 2.69 bits per heavy atom. The van der Waals surface area contributed by atoms with Gasteiger partial charge in [0.1, 0.15) is 0 Å². The van der Waals surface area contributed by atoms with E-state index >= 15 is 0 Å². The minimum absolute atomic E-state index is 0.680. The highest BCUT2D eigenvalue weighted by Crippen LogP contribution is 2.26. The molecule has 0 aliphatic heterocycles.